The molecule has 3 nitrogen and oxygen atoms in total. The fourth-order valence-electron chi connectivity index (χ4n) is 1.14. The van der Waals surface area contributed by atoms with E-state index >= 15 is 0 Å². The first-order valence-corrected chi connectivity index (χ1v) is 4.14. The van der Waals surface area contributed by atoms with Crippen molar-refractivity contribution in [1.82, 2.24) is 0 Å². The number of halogens is 2. The van der Waals surface area contributed by atoms with Crippen LogP contribution in [-0.4, -0.2) is 18.6 Å². The summed E-state index contributed by atoms with van der Waals surface area (Å²) in [5, 5.41) is 17.8. The van der Waals surface area contributed by atoms with Gasteiger partial charge in [-0.05, 0) is 17.7 Å². The summed E-state index contributed by atoms with van der Waals surface area (Å²) in [6, 6.07) is 5.67. The van der Waals surface area contributed by atoms with Crippen molar-refractivity contribution in [3.8, 4) is 11.8 Å². The average Bonchev–Trinajstić information content (AvgIpc) is 2.26. The van der Waals surface area contributed by atoms with Crippen LogP contribution in [0.25, 0.3) is 0 Å². The highest BCUT2D eigenvalue weighted by Gasteiger charge is 2.20. The van der Waals surface area contributed by atoms with E-state index in [1.165, 1.54) is 25.3 Å². The van der Waals surface area contributed by atoms with Crippen molar-refractivity contribution in [1.29, 1.82) is 5.26 Å². The molecule has 80 valence electrons. The fraction of sp³-hybridized carbons (Fsp3) is 0.300. The van der Waals surface area contributed by atoms with Gasteiger partial charge in [0.2, 0.25) is 0 Å². The molecule has 0 aliphatic rings. The van der Waals surface area contributed by atoms with Gasteiger partial charge in [0.1, 0.15) is 17.9 Å². The van der Waals surface area contributed by atoms with Gasteiger partial charge in [-0.1, -0.05) is 6.07 Å². The van der Waals surface area contributed by atoms with Crippen molar-refractivity contribution in [2.75, 3.05) is 7.11 Å². The standard InChI is InChI=1S/C10H9F2NO2/c1-15-8-3-2-6(4-7(8)5-13)9(14)10(11)12/h2-4,9-10,14H,1H3. The van der Waals surface area contributed by atoms with E-state index in [-0.39, 0.29) is 11.1 Å². The van der Waals surface area contributed by atoms with Gasteiger partial charge in [-0.2, -0.15) is 5.26 Å². The zero-order valence-electron chi connectivity index (χ0n) is 7.95. The summed E-state index contributed by atoms with van der Waals surface area (Å²) in [6.07, 6.45) is -4.74. The molecule has 0 spiro atoms. The van der Waals surface area contributed by atoms with Gasteiger partial charge in [-0.25, -0.2) is 8.78 Å². The molecule has 15 heavy (non-hydrogen) atoms. The van der Waals surface area contributed by atoms with E-state index in [0.29, 0.717) is 5.75 Å². The van der Waals surface area contributed by atoms with Crippen LogP contribution in [0.3, 0.4) is 0 Å². The quantitative estimate of drug-likeness (QED) is 0.833. The van der Waals surface area contributed by atoms with Crippen LogP contribution in [0.4, 0.5) is 8.78 Å². The zero-order chi connectivity index (χ0) is 11.4. The SMILES string of the molecule is COc1ccc(C(O)C(F)F)cc1C#N. The summed E-state index contributed by atoms with van der Waals surface area (Å²) in [6.45, 7) is 0. The van der Waals surface area contributed by atoms with Gasteiger partial charge in [0.25, 0.3) is 6.43 Å². The molecular weight excluding hydrogens is 204 g/mol. The number of nitrogens with zero attached hydrogens (tertiary/aromatic N) is 1. The lowest BCUT2D eigenvalue weighted by atomic mass is 10.1. The number of nitriles is 1. The summed E-state index contributed by atoms with van der Waals surface area (Å²) in [5.74, 6) is 0.294. The van der Waals surface area contributed by atoms with E-state index in [1.807, 2.05) is 0 Å². The second kappa shape index (κ2) is 4.71. The molecule has 1 unspecified atom stereocenters. The molecule has 0 aliphatic heterocycles. The maximum absolute atomic E-state index is 12.2. The fourth-order valence-corrected chi connectivity index (χ4v) is 1.14. The highest BCUT2D eigenvalue weighted by atomic mass is 19.3. The number of aliphatic hydroxyl groups excluding tert-OH is 1. The molecule has 0 bridgehead atoms. The number of hydrogen-bond acceptors (Lipinski definition) is 3. The van der Waals surface area contributed by atoms with E-state index in [4.69, 9.17) is 15.1 Å². The van der Waals surface area contributed by atoms with E-state index in [2.05, 4.69) is 0 Å². The lowest BCUT2D eigenvalue weighted by Gasteiger charge is -2.11. The largest absolute Gasteiger partial charge is 0.495 e. The van der Waals surface area contributed by atoms with Crippen LogP contribution in [-0.2, 0) is 0 Å². The van der Waals surface area contributed by atoms with Gasteiger partial charge in [0.05, 0.1) is 12.7 Å². The van der Waals surface area contributed by atoms with Crippen LogP contribution in [0.15, 0.2) is 18.2 Å². The van der Waals surface area contributed by atoms with Crippen molar-refractivity contribution in [2.24, 2.45) is 0 Å². The number of hydrogen-bond donors (Lipinski definition) is 1. The third-order valence-corrected chi connectivity index (χ3v) is 1.92. The van der Waals surface area contributed by atoms with Gasteiger partial charge in [0, 0.05) is 0 Å². The monoisotopic (exact) mass is 213 g/mol. The maximum atomic E-state index is 12.2. The smallest absolute Gasteiger partial charge is 0.268 e. The number of rotatable bonds is 3. The molecule has 0 radical (unpaired) electrons. The van der Waals surface area contributed by atoms with E-state index in [9.17, 15) is 8.78 Å². The minimum absolute atomic E-state index is 0.00218. The summed E-state index contributed by atoms with van der Waals surface area (Å²) < 4.78 is 29.2. The first kappa shape index (κ1) is 11.4. The van der Waals surface area contributed by atoms with Crippen LogP contribution in [0.1, 0.15) is 17.2 Å². The van der Waals surface area contributed by atoms with Crippen LogP contribution in [0, 0.1) is 11.3 Å². The van der Waals surface area contributed by atoms with Crippen molar-refractivity contribution >= 4 is 0 Å². The van der Waals surface area contributed by atoms with Gasteiger partial charge in [0.15, 0.2) is 0 Å². The molecule has 1 aromatic rings. The number of aliphatic hydroxyl groups is 1. The lowest BCUT2D eigenvalue weighted by Crippen LogP contribution is -2.08. The Kier molecular flexibility index (Phi) is 3.58. The molecule has 0 saturated carbocycles. The lowest BCUT2D eigenvalue weighted by molar-refractivity contribution is -0.00581. The van der Waals surface area contributed by atoms with Crippen LogP contribution in [0.2, 0.25) is 0 Å². The summed E-state index contributed by atoms with van der Waals surface area (Å²) in [7, 11) is 1.37. The second-order valence-corrected chi connectivity index (χ2v) is 2.85. The Morgan fingerprint density at radius 2 is 2.13 bits per heavy atom. The molecule has 1 aromatic carbocycles. The van der Waals surface area contributed by atoms with Crippen LogP contribution >= 0.6 is 0 Å². The Hall–Kier alpha value is -1.67. The minimum atomic E-state index is -2.87. The topological polar surface area (TPSA) is 53.2 Å². The average molecular weight is 213 g/mol. The highest BCUT2D eigenvalue weighted by Crippen LogP contribution is 2.25. The molecule has 5 heteroatoms. The predicted octanol–water partition coefficient (Wildman–Crippen LogP) is 1.87. The number of methoxy groups -OCH3 is 1. The first-order valence-electron chi connectivity index (χ1n) is 4.14. The summed E-state index contributed by atoms with van der Waals surface area (Å²) >= 11 is 0. The molecular formula is C10H9F2NO2. The molecule has 0 aliphatic carbocycles. The van der Waals surface area contributed by atoms with Gasteiger partial charge >= 0.3 is 0 Å². The Bertz CT molecular complexity index is 387. The zero-order valence-corrected chi connectivity index (χ0v) is 7.95. The van der Waals surface area contributed by atoms with Gasteiger partial charge < -0.3 is 9.84 Å². The number of benzene rings is 1. The first-order chi connectivity index (χ1) is 7.10. The normalized spacial score (nSPS) is 12.3. The molecule has 1 N–H and O–H groups in total. The molecule has 1 rings (SSSR count). The van der Waals surface area contributed by atoms with Crippen LogP contribution < -0.4 is 4.74 Å². The molecule has 0 amide bonds. The molecule has 0 heterocycles. The Balaban J connectivity index is 3.09. The second-order valence-electron chi connectivity index (χ2n) is 2.85. The minimum Gasteiger partial charge on any atom is -0.495 e. The highest BCUT2D eigenvalue weighted by molar-refractivity contribution is 5.45. The Morgan fingerprint density at radius 1 is 1.47 bits per heavy atom. The molecule has 0 fully saturated rings. The molecule has 0 saturated heterocycles. The number of alkyl halides is 2. The van der Waals surface area contributed by atoms with Gasteiger partial charge in [-0.3, -0.25) is 0 Å². The predicted molar refractivity (Wildman–Crippen MR) is 48.7 cm³/mol. The van der Waals surface area contributed by atoms with Crippen molar-refractivity contribution in [3.05, 3.63) is 29.3 Å². The maximum Gasteiger partial charge on any atom is 0.268 e. The van der Waals surface area contributed by atoms with E-state index in [0.717, 1.165) is 0 Å². The third-order valence-electron chi connectivity index (χ3n) is 1.92. The Labute approximate surface area is 85.5 Å². The molecule has 1 atom stereocenters. The van der Waals surface area contributed by atoms with E-state index in [1.54, 1.807) is 6.07 Å². The summed E-state index contributed by atoms with van der Waals surface area (Å²) in [4.78, 5) is 0. The van der Waals surface area contributed by atoms with Crippen molar-refractivity contribution in [2.45, 2.75) is 12.5 Å². The van der Waals surface area contributed by atoms with Crippen LogP contribution in [0.5, 0.6) is 5.75 Å². The Morgan fingerprint density at radius 3 is 2.60 bits per heavy atom. The third kappa shape index (κ3) is 2.42. The summed E-state index contributed by atoms with van der Waals surface area (Å²) in [5.41, 5.74) is 0.122. The van der Waals surface area contributed by atoms with Crippen molar-refractivity contribution < 1.29 is 18.6 Å². The number of ether oxygens (including phenoxy) is 1. The van der Waals surface area contributed by atoms with Gasteiger partial charge in [-0.15, -0.1) is 0 Å². The molecule has 0 aromatic heterocycles. The van der Waals surface area contributed by atoms with Crippen molar-refractivity contribution in [3.63, 3.8) is 0 Å². The van der Waals surface area contributed by atoms with E-state index < -0.39 is 12.5 Å².